The predicted molar refractivity (Wildman–Crippen MR) is 92.8 cm³/mol. The molecule has 0 radical (unpaired) electrons. The zero-order valence-electron chi connectivity index (χ0n) is 14.5. The van der Waals surface area contributed by atoms with E-state index >= 15 is 0 Å². The van der Waals surface area contributed by atoms with E-state index < -0.39 is 11.5 Å². The molecule has 3 heterocycles. The number of ketones is 1. The van der Waals surface area contributed by atoms with Gasteiger partial charge in [-0.05, 0) is 19.9 Å². The first kappa shape index (κ1) is 16.4. The van der Waals surface area contributed by atoms with Crippen LogP contribution in [0.25, 0.3) is 0 Å². The molecule has 7 nitrogen and oxygen atoms in total. The number of hydrogen-bond donors (Lipinski definition) is 1. The third kappa shape index (κ3) is 2.39. The highest BCUT2D eigenvalue weighted by molar-refractivity contribution is 6.13. The molecule has 7 heteroatoms. The summed E-state index contributed by atoms with van der Waals surface area (Å²) in [6.07, 6.45) is 2.97. The van der Waals surface area contributed by atoms with E-state index in [0.29, 0.717) is 11.1 Å². The first-order valence-corrected chi connectivity index (χ1v) is 8.43. The van der Waals surface area contributed by atoms with Gasteiger partial charge in [0.05, 0.1) is 28.9 Å². The Balaban J connectivity index is 1.68. The molecule has 0 aliphatic carbocycles. The Morgan fingerprint density at radius 2 is 1.92 bits per heavy atom. The van der Waals surface area contributed by atoms with Crippen molar-refractivity contribution in [3.63, 3.8) is 0 Å². The molecular weight excluding hydrogens is 332 g/mol. The molecule has 1 saturated heterocycles. The minimum atomic E-state index is -0.879. The van der Waals surface area contributed by atoms with Crippen LogP contribution >= 0.6 is 0 Å². The van der Waals surface area contributed by atoms with Gasteiger partial charge in [0.25, 0.3) is 11.8 Å². The molecular formula is C19H18N4O3. The van der Waals surface area contributed by atoms with Gasteiger partial charge in [-0.1, -0.05) is 18.2 Å². The van der Waals surface area contributed by atoms with Gasteiger partial charge in [0.15, 0.2) is 5.78 Å². The van der Waals surface area contributed by atoms with Crippen LogP contribution < -0.4 is 5.32 Å². The molecule has 1 aromatic carbocycles. The quantitative estimate of drug-likeness (QED) is 0.835. The standard InChI is InChI=1S/C19H18N4O3/c1-11-7-21-14(8-20-11)18(26)23-9-15-19(2,10-23)16(24)12-5-3-4-6-13(12)17(25)22-15/h3-8,15H,9-10H2,1-2H3,(H,22,25)/t15-,19+/m1/s1. The van der Waals surface area contributed by atoms with Crippen LogP contribution in [0.5, 0.6) is 0 Å². The van der Waals surface area contributed by atoms with Crippen LogP contribution in [0, 0.1) is 12.3 Å². The molecule has 0 bridgehead atoms. The maximum atomic E-state index is 13.2. The van der Waals surface area contributed by atoms with Crippen molar-refractivity contribution in [3.8, 4) is 0 Å². The number of nitrogens with one attached hydrogen (secondary N) is 1. The highest BCUT2D eigenvalue weighted by atomic mass is 16.2. The van der Waals surface area contributed by atoms with E-state index in [4.69, 9.17) is 0 Å². The van der Waals surface area contributed by atoms with E-state index in [0.717, 1.165) is 5.69 Å². The highest BCUT2D eigenvalue weighted by Crippen LogP contribution is 2.37. The van der Waals surface area contributed by atoms with Gasteiger partial charge in [-0.2, -0.15) is 0 Å². The van der Waals surface area contributed by atoms with Crippen LogP contribution in [0.1, 0.15) is 43.8 Å². The Morgan fingerprint density at radius 1 is 1.19 bits per heavy atom. The normalized spacial score (nSPS) is 24.5. The Bertz CT molecular complexity index is 925. The highest BCUT2D eigenvalue weighted by Gasteiger charge is 2.53. The van der Waals surface area contributed by atoms with Crippen LogP contribution in [0.15, 0.2) is 36.7 Å². The largest absolute Gasteiger partial charge is 0.346 e. The topological polar surface area (TPSA) is 92.3 Å². The number of aryl methyl sites for hydroxylation is 1. The summed E-state index contributed by atoms with van der Waals surface area (Å²) in [5.41, 5.74) is 0.861. The fraction of sp³-hybridized carbons (Fsp3) is 0.316. The SMILES string of the molecule is Cc1cnc(C(=O)N2C[C@H]3NC(=O)c4ccccc4C(=O)[C@@]3(C)C2)cn1. The smallest absolute Gasteiger partial charge is 0.274 e. The molecule has 1 fully saturated rings. The van der Waals surface area contributed by atoms with Gasteiger partial charge in [-0.3, -0.25) is 19.4 Å². The van der Waals surface area contributed by atoms with Gasteiger partial charge >= 0.3 is 0 Å². The van der Waals surface area contributed by atoms with Gasteiger partial charge < -0.3 is 10.2 Å². The summed E-state index contributed by atoms with van der Waals surface area (Å²) in [6, 6.07) is 6.35. The van der Waals surface area contributed by atoms with E-state index in [1.54, 1.807) is 43.0 Å². The van der Waals surface area contributed by atoms with Crippen LogP contribution in [0.4, 0.5) is 0 Å². The van der Waals surface area contributed by atoms with Crippen molar-refractivity contribution in [2.75, 3.05) is 13.1 Å². The maximum Gasteiger partial charge on any atom is 0.274 e. The number of nitrogens with zero attached hydrogens (tertiary/aromatic N) is 3. The van der Waals surface area contributed by atoms with Gasteiger partial charge in [-0.15, -0.1) is 0 Å². The summed E-state index contributed by atoms with van der Waals surface area (Å²) in [5.74, 6) is -0.698. The Kier molecular flexibility index (Phi) is 3.61. The number of hydrogen-bond acceptors (Lipinski definition) is 5. The fourth-order valence-electron chi connectivity index (χ4n) is 3.67. The lowest BCUT2D eigenvalue weighted by Crippen LogP contribution is -2.47. The van der Waals surface area contributed by atoms with E-state index in [-0.39, 0.29) is 36.4 Å². The molecule has 2 aromatic rings. The summed E-state index contributed by atoms with van der Waals surface area (Å²) in [6.45, 7) is 4.08. The van der Waals surface area contributed by atoms with Gasteiger partial charge in [0.1, 0.15) is 5.69 Å². The molecule has 1 N–H and O–H groups in total. The Morgan fingerprint density at radius 3 is 2.62 bits per heavy atom. The monoisotopic (exact) mass is 350 g/mol. The second-order valence-corrected chi connectivity index (χ2v) is 7.05. The average Bonchev–Trinajstić information content (AvgIpc) is 2.95. The number of amides is 2. The predicted octanol–water partition coefficient (Wildman–Crippen LogP) is 1.24. The molecule has 132 valence electrons. The maximum absolute atomic E-state index is 13.2. The number of benzene rings is 1. The lowest BCUT2D eigenvalue weighted by molar-refractivity contribution is 0.0735. The molecule has 2 amide bonds. The summed E-state index contributed by atoms with van der Waals surface area (Å²) >= 11 is 0. The molecule has 4 rings (SSSR count). The van der Waals surface area contributed by atoms with Crippen molar-refractivity contribution in [2.24, 2.45) is 5.41 Å². The second kappa shape index (κ2) is 5.72. The molecule has 0 spiro atoms. The summed E-state index contributed by atoms with van der Waals surface area (Å²) in [4.78, 5) is 48.3. The number of carbonyl (C=O) groups excluding carboxylic acids is 3. The fourth-order valence-corrected chi connectivity index (χ4v) is 3.67. The van der Waals surface area contributed by atoms with Crippen molar-refractivity contribution in [2.45, 2.75) is 19.9 Å². The molecule has 2 aliphatic heterocycles. The Labute approximate surface area is 150 Å². The third-order valence-corrected chi connectivity index (χ3v) is 5.22. The minimum Gasteiger partial charge on any atom is -0.346 e. The first-order valence-electron chi connectivity index (χ1n) is 8.43. The first-order chi connectivity index (χ1) is 12.4. The van der Waals surface area contributed by atoms with Crippen LogP contribution in [-0.4, -0.2) is 51.6 Å². The zero-order chi connectivity index (χ0) is 18.5. The van der Waals surface area contributed by atoms with Crippen LogP contribution in [0.2, 0.25) is 0 Å². The van der Waals surface area contributed by atoms with Crippen molar-refractivity contribution >= 4 is 17.6 Å². The molecule has 2 aliphatic rings. The number of fused-ring (bicyclic) bond motifs is 2. The van der Waals surface area contributed by atoms with Crippen molar-refractivity contribution in [1.29, 1.82) is 0 Å². The second-order valence-electron chi connectivity index (χ2n) is 7.05. The molecule has 26 heavy (non-hydrogen) atoms. The zero-order valence-corrected chi connectivity index (χ0v) is 14.5. The van der Waals surface area contributed by atoms with E-state index in [9.17, 15) is 14.4 Å². The molecule has 0 unspecified atom stereocenters. The summed E-state index contributed by atoms with van der Waals surface area (Å²) < 4.78 is 0. The lowest BCUT2D eigenvalue weighted by Gasteiger charge is -2.26. The van der Waals surface area contributed by atoms with Crippen molar-refractivity contribution in [1.82, 2.24) is 20.2 Å². The minimum absolute atomic E-state index is 0.123. The van der Waals surface area contributed by atoms with Gasteiger partial charge in [0.2, 0.25) is 0 Å². The van der Waals surface area contributed by atoms with Gasteiger partial charge in [-0.25, -0.2) is 4.98 Å². The third-order valence-electron chi connectivity index (χ3n) is 5.22. The van der Waals surface area contributed by atoms with Crippen molar-refractivity contribution < 1.29 is 14.4 Å². The van der Waals surface area contributed by atoms with Crippen LogP contribution in [-0.2, 0) is 0 Å². The van der Waals surface area contributed by atoms with Crippen LogP contribution in [0.3, 0.4) is 0 Å². The number of aromatic nitrogens is 2. The molecule has 0 saturated carbocycles. The number of Topliss-reactive ketones (excluding diaryl/α,β-unsaturated/α-hetero) is 1. The number of carbonyl (C=O) groups is 3. The van der Waals surface area contributed by atoms with Crippen molar-refractivity contribution in [3.05, 3.63) is 59.2 Å². The summed E-state index contributed by atoms with van der Waals surface area (Å²) in [5, 5.41) is 2.92. The van der Waals surface area contributed by atoms with E-state index in [1.807, 2.05) is 0 Å². The van der Waals surface area contributed by atoms with E-state index in [1.165, 1.54) is 12.4 Å². The van der Waals surface area contributed by atoms with E-state index in [2.05, 4.69) is 15.3 Å². The molecule has 2 atom stereocenters. The number of likely N-dealkylation sites (tertiary alicyclic amines) is 1. The molecule has 1 aromatic heterocycles. The summed E-state index contributed by atoms with van der Waals surface area (Å²) in [7, 11) is 0. The lowest BCUT2D eigenvalue weighted by atomic mass is 9.78. The number of rotatable bonds is 1. The van der Waals surface area contributed by atoms with Gasteiger partial charge in [0, 0.05) is 24.8 Å². The Hall–Kier alpha value is -3.09. The average molecular weight is 350 g/mol.